The number of rotatable bonds is 4. The largest absolute Gasteiger partial charge is 0.310 e. The maximum absolute atomic E-state index is 4.51. The first kappa shape index (κ1) is 14.5. The summed E-state index contributed by atoms with van der Waals surface area (Å²) in [5, 5.41) is 5.73. The predicted octanol–water partition coefficient (Wildman–Crippen LogP) is 4.63. The highest BCUT2D eigenvalue weighted by Gasteiger charge is 2.20. The molecule has 104 valence electrons. The number of nitrogens with one attached hydrogen (secondary N) is 1. The molecule has 2 rings (SSSR count). The van der Waals surface area contributed by atoms with E-state index in [1.54, 1.807) is 11.3 Å². The van der Waals surface area contributed by atoms with E-state index >= 15 is 0 Å². The summed E-state index contributed by atoms with van der Waals surface area (Å²) in [5.41, 5.74) is 2.72. The summed E-state index contributed by atoms with van der Waals surface area (Å²) in [5.74, 6) is 0.647. The smallest absolute Gasteiger partial charge is 0.0809 e. The fraction of sp³-hybridized carbons (Fsp3) is 0.562. The Kier molecular flexibility index (Phi) is 4.26. The molecule has 1 N–H and O–H groups in total. The summed E-state index contributed by atoms with van der Waals surface area (Å²) >= 11 is 1.76. The molecule has 0 aromatic carbocycles. The Morgan fingerprint density at radius 2 is 2.05 bits per heavy atom. The van der Waals surface area contributed by atoms with Crippen LogP contribution in [0.2, 0.25) is 0 Å². The molecule has 19 heavy (non-hydrogen) atoms. The number of nitrogens with zero attached hydrogens (tertiary/aromatic N) is 1. The number of fused-ring (bicyclic) bond motifs is 1. The second-order valence-electron chi connectivity index (χ2n) is 6.47. The molecular weight excluding hydrogens is 252 g/mol. The molecule has 0 spiro atoms. The van der Waals surface area contributed by atoms with Crippen molar-refractivity contribution < 1.29 is 0 Å². The molecule has 3 heteroatoms. The first-order valence-corrected chi connectivity index (χ1v) is 7.82. The molecule has 2 aromatic heterocycles. The van der Waals surface area contributed by atoms with Crippen LogP contribution in [0, 0.1) is 11.3 Å². The van der Waals surface area contributed by atoms with Crippen molar-refractivity contribution in [3.63, 3.8) is 0 Å². The first-order valence-electron chi connectivity index (χ1n) is 6.94. The van der Waals surface area contributed by atoms with E-state index in [0.29, 0.717) is 17.4 Å². The number of aromatic nitrogens is 1. The molecule has 2 atom stereocenters. The Hall–Kier alpha value is -0.930. The summed E-state index contributed by atoms with van der Waals surface area (Å²) in [4.78, 5) is 4.51. The van der Waals surface area contributed by atoms with Crippen molar-refractivity contribution in [1.82, 2.24) is 10.3 Å². The molecular formula is C16H24N2S. The average molecular weight is 276 g/mol. The van der Waals surface area contributed by atoms with Crippen molar-refractivity contribution in [2.75, 3.05) is 6.54 Å². The van der Waals surface area contributed by atoms with E-state index in [1.807, 2.05) is 6.20 Å². The zero-order chi connectivity index (χ0) is 14.0. The highest BCUT2D eigenvalue weighted by atomic mass is 32.1. The first-order chi connectivity index (χ1) is 8.88. The zero-order valence-electron chi connectivity index (χ0n) is 12.5. The van der Waals surface area contributed by atoms with Crippen molar-refractivity contribution in [2.45, 2.75) is 40.7 Å². The van der Waals surface area contributed by atoms with E-state index in [-0.39, 0.29) is 0 Å². The van der Waals surface area contributed by atoms with Gasteiger partial charge >= 0.3 is 0 Å². The van der Waals surface area contributed by atoms with Crippen LogP contribution in [0.1, 0.15) is 46.2 Å². The van der Waals surface area contributed by atoms with Gasteiger partial charge in [-0.05, 0) is 47.9 Å². The van der Waals surface area contributed by atoms with Gasteiger partial charge in [0.25, 0.3) is 0 Å². The maximum atomic E-state index is 4.51. The second-order valence-corrected chi connectivity index (χ2v) is 7.42. The van der Waals surface area contributed by atoms with Crippen LogP contribution in [0.4, 0.5) is 0 Å². The monoisotopic (exact) mass is 276 g/mol. The number of thiophene rings is 1. The molecule has 2 heterocycles. The topological polar surface area (TPSA) is 24.9 Å². The molecule has 0 saturated heterocycles. The summed E-state index contributed by atoms with van der Waals surface area (Å²) < 4.78 is 1.27. The van der Waals surface area contributed by atoms with Crippen molar-refractivity contribution in [2.24, 2.45) is 11.3 Å². The summed E-state index contributed by atoms with van der Waals surface area (Å²) in [6.45, 7) is 12.4. The van der Waals surface area contributed by atoms with Gasteiger partial charge < -0.3 is 5.32 Å². The third-order valence-electron chi connectivity index (χ3n) is 4.03. The second kappa shape index (κ2) is 5.59. The lowest BCUT2D eigenvalue weighted by molar-refractivity contribution is 0.247. The highest BCUT2D eigenvalue weighted by Crippen LogP contribution is 2.26. The van der Waals surface area contributed by atoms with Crippen LogP contribution in [0.3, 0.4) is 0 Å². The normalized spacial score (nSPS) is 15.6. The maximum Gasteiger partial charge on any atom is 0.0809 e. The SMILES string of the molecule is CC(NCC(C)C(C)(C)C)c1cnc2ccsc2c1. The molecule has 0 aliphatic heterocycles. The van der Waals surface area contributed by atoms with Gasteiger partial charge in [-0.25, -0.2) is 0 Å². The Bertz CT molecular complexity index is 539. The number of hydrogen-bond acceptors (Lipinski definition) is 3. The number of hydrogen-bond donors (Lipinski definition) is 1. The van der Waals surface area contributed by atoms with Crippen LogP contribution in [0.25, 0.3) is 10.2 Å². The Balaban J connectivity index is 2.01. The summed E-state index contributed by atoms with van der Waals surface area (Å²) in [7, 11) is 0. The quantitative estimate of drug-likeness (QED) is 0.880. The van der Waals surface area contributed by atoms with E-state index in [1.165, 1.54) is 10.3 Å². The molecule has 0 saturated carbocycles. The van der Waals surface area contributed by atoms with Gasteiger partial charge in [0.1, 0.15) is 0 Å². The van der Waals surface area contributed by atoms with Crippen LogP contribution in [0.5, 0.6) is 0 Å². The fourth-order valence-electron chi connectivity index (χ4n) is 1.88. The van der Waals surface area contributed by atoms with E-state index in [0.717, 1.165) is 12.1 Å². The van der Waals surface area contributed by atoms with Gasteiger partial charge in [-0.2, -0.15) is 0 Å². The van der Waals surface area contributed by atoms with E-state index < -0.39 is 0 Å². The fourth-order valence-corrected chi connectivity index (χ4v) is 2.67. The molecule has 2 unspecified atom stereocenters. The van der Waals surface area contributed by atoms with Crippen molar-refractivity contribution >= 4 is 21.6 Å². The van der Waals surface area contributed by atoms with Gasteiger partial charge in [0, 0.05) is 12.2 Å². The van der Waals surface area contributed by atoms with E-state index in [2.05, 4.69) is 62.4 Å². The predicted molar refractivity (Wildman–Crippen MR) is 84.7 cm³/mol. The molecule has 0 fully saturated rings. The molecule has 2 aromatic rings. The third-order valence-corrected chi connectivity index (χ3v) is 4.89. The van der Waals surface area contributed by atoms with Gasteiger partial charge in [-0.15, -0.1) is 11.3 Å². The van der Waals surface area contributed by atoms with Gasteiger partial charge in [0.05, 0.1) is 10.2 Å². The van der Waals surface area contributed by atoms with E-state index in [9.17, 15) is 0 Å². The van der Waals surface area contributed by atoms with Crippen molar-refractivity contribution in [1.29, 1.82) is 0 Å². The van der Waals surface area contributed by atoms with Gasteiger partial charge in [-0.1, -0.05) is 27.7 Å². The van der Waals surface area contributed by atoms with Crippen molar-refractivity contribution in [3.8, 4) is 0 Å². The molecule has 0 bridgehead atoms. The Morgan fingerprint density at radius 3 is 2.74 bits per heavy atom. The Labute approximate surface area is 120 Å². The lowest BCUT2D eigenvalue weighted by Gasteiger charge is -2.28. The van der Waals surface area contributed by atoms with Crippen LogP contribution in [-0.4, -0.2) is 11.5 Å². The standard InChI is InChI=1S/C16H24N2S/c1-11(16(3,4)5)9-17-12(2)13-8-15-14(18-10-13)6-7-19-15/h6-8,10-12,17H,9H2,1-5H3. The van der Waals surface area contributed by atoms with Crippen LogP contribution >= 0.6 is 11.3 Å². The Morgan fingerprint density at radius 1 is 1.32 bits per heavy atom. The van der Waals surface area contributed by atoms with Gasteiger partial charge in [-0.3, -0.25) is 4.98 Å². The average Bonchev–Trinajstić information content (AvgIpc) is 2.81. The minimum atomic E-state index is 0.350. The van der Waals surface area contributed by atoms with Crippen LogP contribution in [-0.2, 0) is 0 Å². The van der Waals surface area contributed by atoms with Crippen molar-refractivity contribution in [3.05, 3.63) is 29.3 Å². The zero-order valence-corrected chi connectivity index (χ0v) is 13.3. The van der Waals surface area contributed by atoms with Gasteiger partial charge in [0.15, 0.2) is 0 Å². The summed E-state index contributed by atoms with van der Waals surface area (Å²) in [6.07, 6.45) is 1.99. The van der Waals surface area contributed by atoms with E-state index in [4.69, 9.17) is 0 Å². The molecule has 0 radical (unpaired) electrons. The summed E-state index contributed by atoms with van der Waals surface area (Å²) in [6, 6.07) is 4.68. The molecule has 2 nitrogen and oxygen atoms in total. The van der Waals surface area contributed by atoms with Crippen LogP contribution in [0.15, 0.2) is 23.7 Å². The minimum Gasteiger partial charge on any atom is -0.310 e. The lowest BCUT2D eigenvalue weighted by atomic mass is 9.82. The highest BCUT2D eigenvalue weighted by molar-refractivity contribution is 7.17. The number of pyridine rings is 1. The van der Waals surface area contributed by atoms with Crippen LogP contribution < -0.4 is 5.32 Å². The molecule has 0 aliphatic rings. The lowest BCUT2D eigenvalue weighted by Crippen LogP contribution is -2.31. The third kappa shape index (κ3) is 3.54. The molecule has 0 amide bonds. The molecule has 0 aliphatic carbocycles. The minimum absolute atomic E-state index is 0.350. The van der Waals surface area contributed by atoms with Gasteiger partial charge in [0.2, 0.25) is 0 Å².